The van der Waals surface area contributed by atoms with Gasteiger partial charge in [-0.15, -0.1) is 0 Å². The molecule has 136 valence electrons. The summed E-state index contributed by atoms with van der Waals surface area (Å²) in [7, 11) is 1.40. The van der Waals surface area contributed by atoms with Crippen molar-refractivity contribution in [2.45, 2.75) is 38.7 Å². The molecule has 0 aliphatic carbocycles. The van der Waals surface area contributed by atoms with E-state index in [0.717, 1.165) is 31.5 Å². The summed E-state index contributed by atoms with van der Waals surface area (Å²) in [5, 5.41) is 9.49. The molecule has 0 saturated heterocycles. The van der Waals surface area contributed by atoms with Gasteiger partial charge in [-0.1, -0.05) is 6.42 Å². The van der Waals surface area contributed by atoms with Gasteiger partial charge in [0, 0.05) is 18.7 Å². The van der Waals surface area contributed by atoms with Crippen molar-refractivity contribution < 1.29 is 19.1 Å². The highest BCUT2D eigenvalue weighted by Gasteiger charge is 2.23. The zero-order valence-electron chi connectivity index (χ0n) is 14.4. The van der Waals surface area contributed by atoms with Crippen molar-refractivity contribution in [3.8, 4) is 5.75 Å². The van der Waals surface area contributed by atoms with Crippen molar-refractivity contribution in [3.05, 3.63) is 18.2 Å². The summed E-state index contributed by atoms with van der Waals surface area (Å²) >= 11 is 5.26. The molecule has 1 aromatic rings. The zero-order chi connectivity index (χ0) is 18.2. The van der Waals surface area contributed by atoms with Gasteiger partial charge in [0.15, 0.2) is 11.2 Å². The lowest BCUT2D eigenvalue weighted by atomic mass is 10.2. The van der Waals surface area contributed by atoms with Crippen molar-refractivity contribution in [1.82, 2.24) is 5.32 Å². The van der Waals surface area contributed by atoms with Gasteiger partial charge in [-0.2, -0.15) is 0 Å². The molecule has 25 heavy (non-hydrogen) atoms. The predicted octanol–water partition coefficient (Wildman–Crippen LogP) is 2.43. The highest BCUT2D eigenvalue weighted by molar-refractivity contribution is 7.80. The van der Waals surface area contributed by atoms with E-state index < -0.39 is 6.10 Å². The van der Waals surface area contributed by atoms with Gasteiger partial charge in [0.05, 0.1) is 12.8 Å². The Kier molecular flexibility index (Phi) is 7.00. The van der Waals surface area contributed by atoms with E-state index >= 15 is 0 Å². The number of esters is 1. The number of unbranched alkanes of at least 4 members (excludes halogenated alkanes) is 2. The van der Waals surface area contributed by atoms with Crippen LogP contribution in [0.4, 0.5) is 11.4 Å². The molecule has 2 rings (SSSR count). The molecule has 0 aromatic heterocycles. The normalized spacial score (nSPS) is 15.4. The third-order valence-corrected chi connectivity index (χ3v) is 3.99. The molecule has 1 aliphatic heterocycles. The number of hydrogen-bond donors (Lipinski definition) is 3. The number of benzene rings is 1. The lowest BCUT2D eigenvalue weighted by molar-refractivity contribution is -0.140. The van der Waals surface area contributed by atoms with Gasteiger partial charge in [0.1, 0.15) is 5.75 Å². The first kappa shape index (κ1) is 19.0. The topological polar surface area (TPSA) is 88.7 Å². The Labute approximate surface area is 152 Å². The monoisotopic (exact) mass is 365 g/mol. The van der Waals surface area contributed by atoms with Crippen LogP contribution in [0.3, 0.4) is 0 Å². The van der Waals surface area contributed by atoms with Crippen LogP contribution in [0.15, 0.2) is 18.2 Å². The molecular formula is C17H23N3O4S. The molecule has 0 saturated carbocycles. The Bertz CT molecular complexity index is 651. The Balaban J connectivity index is 1.71. The number of carbonyl (C=O) groups is 2. The van der Waals surface area contributed by atoms with Crippen LogP contribution < -0.4 is 20.7 Å². The van der Waals surface area contributed by atoms with Gasteiger partial charge in [-0.3, -0.25) is 9.59 Å². The first-order valence-corrected chi connectivity index (χ1v) is 8.63. The molecule has 0 fully saturated rings. The van der Waals surface area contributed by atoms with E-state index in [1.54, 1.807) is 19.1 Å². The molecular weight excluding hydrogens is 342 g/mol. The van der Waals surface area contributed by atoms with E-state index in [1.807, 2.05) is 6.07 Å². The molecule has 1 atom stereocenters. The number of rotatable bonds is 7. The third kappa shape index (κ3) is 5.90. The lowest BCUT2D eigenvalue weighted by Crippen LogP contribution is -2.34. The van der Waals surface area contributed by atoms with Crippen LogP contribution in [0, 0.1) is 0 Å². The Morgan fingerprint density at radius 3 is 2.92 bits per heavy atom. The van der Waals surface area contributed by atoms with E-state index in [2.05, 4.69) is 20.7 Å². The number of nitrogens with one attached hydrogen (secondary N) is 3. The number of methoxy groups -OCH3 is 1. The minimum atomic E-state index is -0.492. The van der Waals surface area contributed by atoms with Crippen LogP contribution in [-0.4, -0.2) is 36.7 Å². The summed E-state index contributed by atoms with van der Waals surface area (Å²) in [6.07, 6.45) is 2.59. The SMILES string of the molecule is COC(=O)CCCCCNC(=S)Nc1ccc2c(c1)NC(=O)[C@@H](C)O2. The molecule has 8 heteroatoms. The minimum absolute atomic E-state index is 0.169. The maximum Gasteiger partial charge on any atom is 0.305 e. The van der Waals surface area contributed by atoms with Crippen LogP contribution in [-0.2, 0) is 14.3 Å². The molecule has 1 heterocycles. The minimum Gasteiger partial charge on any atom is -0.479 e. The highest BCUT2D eigenvalue weighted by Crippen LogP contribution is 2.32. The zero-order valence-corrected chi connectivity index (χ0v) is 15.2. The third-order valence-electron chi connectivity index (χ3n) is 3.74. The van der Waals surface area contributed by atoms with Crippen molar-refractivity contribution in [1.29, 1.82) is 0 Å². The Hall–Kier alpha value is -2.35. The van der Waals surface area contributed by atoms with Gasteiger partial charge in [-0.25, -0.2) is 0 Å². The molecule has 1 amide bonds. The molecule has 0 spiro atoms. The van der Waals surface area contributed by atoms with E-state index in [-0.39, 0.29) is 11.9 Å². The summed E-state index contributed by atoms with van der Waals surface area (Å²) in [6.45, 7) is 2.42. The van der Waals surface area contributed by atoms with Crippen LogP contribution >= 0.6 is 12.2 Å². The summed E-state index contributed by atoms with van der Waals surface area (Å²) in [4.78, 5) is 22.6. The summed E-state index contributed by atoms with van der Waals surface area (Å²) < 4.78 is 10.1. The largest absolute Gasteiger partial charge is 0.479 e. The van der Waals surface area contributed by atoms with Gasteiger partial charge < -0.3 is 25.4 Å². The first-order chi connectivity index (χ1) is 12.0. The summed E-state index contributed by atoms with van der Waals surface area (Å²) in [6, 6.07) is 5.42. The Morgan fingerprint density at radius 1 is 1.36 bits per heavy atom. The smallest absolute Gasteiger partial charge is 0.305 e. The van der Waals surface area contributed by atoms with Crippen molar-refractivity contribution in [3.63, 3.8) is 0 Å². The first-order valence-electron chi connectivity index (χ1n) is 8.23. The van der Waals surface area contributed by atoms with Crippen LogP contribution in [0.5, 0.6) is 5.75 Å². The molecule has 0 unspecified atom stereocenters. The second-order valence-corrected chi connectivity index (χ2v) is 6.14. The number of anilines is 2. The molecule has 0 radical (unpaired) electrons. The van der Waals surface area contributed by atoms with E-state index in [0.29, 0.717) is 23.0 Å². The number of hydrogen-bond acceptors (Lipinski definition) is 5. The highest BCUT2D eigenvalue weighted by atomic mass is 32.1. The summed E-state index contributed by atoms with van der Waals surface area (Å²) in [5.41, 5.74) is 1.39. The molecule has 1 aromatic carbocycles. The average Bonchev–Trinajstić information content (AvgIpc) is 2.59. The fourth-order valence-corrected chi connectivity index (χ4v) is 2.56. The fourth-order valence-electron chi connectivity index (χ4n) is 2.34. The molecule has 0 bridgehead atoms. The molecule has 3 N–H and O–H groups in total. The quantitative estimate of drug-likeness (QED) is 0.388. The lowest BCUT2D eigenvalue weighted by Gasteiger charge is -2.23. The van der Waals surface area contributed by atoms with Crippen LogP contribution in [0.2, 0.25) is 0 Å². The number of fused-ring (bicyclic) bond motifs is 1. The number of carbonyl (C=O) groups excluding carboxylic acids is 2. The predicted molar refractivity (Wildman–Crippen MR) is 99.9 cm³/mol. The Morgan fingerprint density at radius 2 is 2.16 bits per heavy atom. The molecule has 1 aliphatic rings. The van der Waals surface area contributed by atoms with E-state index in [9.17, 15) is 9.59 Å². The van der Waals surface area contributed by atoms with Crippen LogP contribution in [0.25, 0.3) is 0 Å². The maximum atomic E-state index is 11.7. The molecule has 7 nitrogen and oxygen atoms in total. The average molecular weight is 365 g/mol. The van der Waals surface area contributed by atoms with Crippen molar-refractivity contribution >= 4 is 40.6 Å². The number of amides is 1. The van der Waals surface area contributed by atoms with Gasteiger partial charge in [-0.05, 0) is 50.2 Å². The van der Waals surface area contributed by atoms with Crippen LogP contribution in [0.1, 0.15) is 32.6 Å². The fraction of sp³-hybridized carbons (Fsp3) is 0.471. The van der Waals surface area contributed by atoms with Gasteiger partial charge >= 0.3 is 5.97 Å². The van der Waals surface area contributed by atoms with E-state index in [4.69, 9.17) is 17.0 Å². The number of ether oxygens (including phenoxy) is 2. The second kappa shape index (κ2) is 9.22. The number of thiocarbonyl (C=S) groups is 1. The summed E-state index contributed by atoms with van der Waals surface area (Å²) in [5.74, 6) is 0.294. The van der Waals surface area contributed by atoms with Gasteiger partial charge in [0.2, 0.25) is 0 Å². The van der Waals surface area contributed by atoms with Crippen molar-refractivity contribution in [2.75, 3.05) is 24.3 Å². The second-order valence-electron chi connectivity index (χ2n) is 5.73. The van der Waals surface area contributed by atoms with E-state index in [1.165, 1.54) is 7.11 Å². The van der Waals surface area contributed by atoms with Crippen molar-refractivity contribution in [2.24, 2.45) is 0 Å². The van der Waals surface area contributed by atoms with Gasteiger partial charge in [0.25, 0.3) is 5.91 Å². The standard InChI is InChI=1S/C17H23N3O4S/c1-11-16(22)20-13-10-12(7-8-14(13)24-11)19-17(25)18-9-5-3-4-6-15(21)23-2/h7-8,10-11H,3-6,9H2,1-2H3,(H,20,22)(H2,18,19,25)/t11-/m1/s1. The maximum absolute atomic E-state index is 11.7.